The molecule has 2 aromatic heterocycles. The fourth-order valence-corrected chi connectivity index (χ4v) is 3.16. The van der Waals surface area contributed by atoms with Gasteiger partial charge < -0.3 is 5.11 Å². The normalized spacial score (nSPS) is 12.2. The van der Waals surface area contributed by atoms with Gasteiger partial charge in [-0.1, -0.05) is 0 Å². The highest BCUT2D eigenvalue weighted by molar-refractivity contribution is 7.89. The molecule has 2 rings (SSSR count). The molecule has 104 valence electrons. The SMILES string of the molecule is CN(Cc1cscn1)S(=O)(=O)c1cnn(CCO)c1. The van der Waals surface area contributed by atoms with Crippen molar-refractivity contribution in [1.82, 2.24) is 19.1 Å². The Labute approximate surface area is 115 Å². The molecule has 0 spiro atoms. The molecule has 0 amide bonds. The van der Waals surface area contributed by atoms with Crippen LogP contribution in [-0.4, -0.2) is 46.2 Å². The van der Waals surface area contributed by atoms with Crippen molar-refractivity contribution in [2.45, 2.75) is 18.0 Å². The number of hydrogen-bond donors (Lipinski definition) is 1. The number of aliphatic hydroxyl groups excluding tert-OH is 1. The van der Waals surface area contributed by atoms with E-state index in [-0.39, 0.29) is 24.6 Å². The summed E-state index contributed by atoms with van der Waals surface area (Å²) in [5.74, 6) is 0. The molecular formula is C10H14N4O3S2. The van der Waals surface area contributed by atoms with E-state index in [1.807, 2.05) is 0 Å². The highest BCUT2D eigenvalue weighted by Gasteiger charge is 2.23. The van der Waals surface area contributed by atoms with E-state index < -0.39 is 10.0 Å². The molecule has 7 nitrogen and oxygen atoms in total. The van der Waals surface area contributed by atoms with Crippen molar-refractivity contribution in [1.29, 1.82) is 0 Å². The van der Waals surface area contributed by atoms with Gasteiger partial charge in [0.25, 0.3) is 0 Å². The van der Waals surface area contributed by atoms with Gasteiger partial charge >= 0.3 is 0 Å². The molecule has 9 heteroatoms. The van der Waals surface area contributed by atoms with E-state index in [1.54, 1.807) is 10.9 Å². The van der Waals surface area contributed by atoms with Crippen LogP contribution in [0, 0.1) is 0 Å². The smallest absolute Gasteiger partial charge is 0.246 e. The van der Waals surface area contributed by atoms with Gasteiger partial charge in [-0.15, -0.1) is 11.3 Å². The van der Waals surface area contributed by atoms with Gasteiger partial charge in [-0.05, 0) is 0 Å². The van der Waals surface area contributed by atoms with Crippen LogP contribution < -0.4 is 0 Å². The number of rotatable bonds is 6. The Morgan fingerprint density at radius 1 is 1.53 bits per heavy atom. The van der Waals surface area contributed by atoms with Crippen molar-refractivity contribution in [3.63, 3.8) is 0 Å². The molecule has 2 aromatic rings. The average molecular weight is 302 g/mol. The van der Waals surface area contributed by atoms with Crippen LogP contribution in [-0.2, 0) is 23.1 Å². The maximum atomic E-state index is 12.3. The van der Waals surface area contributed by atoms with E-state index in [1.165, 1.54) is 39.8 Å². The Bertz CT molecular complexity index is 621. The first-order valence-electron chi connectivity index (χ1n) is 5.51. The largest absolute Gasteiger partial charge is 0.394 e. The first kappa shape index (κ1) is 14.1. The van der Waals surface area contributed by atoms with E-state index in [4.69, 9.17) is 5.11 Å². The lowest BCUT2D eigenvalue weighted by Crippen LogP contribution is -2.26. The number of aliphatic hydroxyl groups is 1. The molecule has 0 aromatic carbocycles. The van der Waals surface area contributed by atoms with Gasteiger partial charge in [-0.25, -0.2) is 13.4 Å². The molecule has 0 aliphatic heterocycles. The number of aromatic nitrogens is 3. The second kappa shape index (κ2) is 5.78. The minimum atomic E-state index is -3.58. The third-order valence-electron chi connectivity index (χ3n) is 2.51. The van der Waals surface area contributed by atoms with Gasteiger partial charge in [0.05, 0.1) is 37.1 Å². The third-order valence-corrected chi connectivity index (χ3v) is 4.91. The van der Waals surface area contributed by atoms with E-state index in [9.17, 15) is 8.42 Å². The van der Waals surface area contributed by atoms with Crippen molar-refractivity contribution in [3.05, 3.63) is 29.0 Å². The first-order chi connectivity index (χ1) is 9.04. The summed E-state index contributed by atoms with van der Waals surface area (Å²) in [5.41, 5.74) is 2.37. The van der Waals surface area contributed by atoms with Gasteiger partial charge in [0.15, 0.2) is 0 Å². The summed E-state index contributed by atoms with van der Waals surface area (Å²) < 4.78 is 27.1. The van der Waals surface area contributed by atoms with Crippen LogP contribution in [0.25, 0.3) is 0 Å². The fourth-order valence-electron chi connectivity index (χ4n) is 1.51. The molecule has 0 fully saturated rings. The summed E-state index contributed by atoms with van der Waals surface area (Å²) in [5, 5.41) is 14.5. The minimum Gasteiger partial charge on any atom is -0.394 e. The molecule has 2 heterocycles. The Morgan fingerprint density at radius 3 is 2.95 bits per heavy atom. The van der Waals surface area contributed by atoms with Gasteiger partial charge in [0.1, 0.15) is 4.90 Å². The van der Waals surface area contributed by atoms with Crippen molar-refractivity contribution in [3.8, 4) is 0 Å². The summed E-state index contributed by atoms with van der Waals surface area (Å²) in [6.07, 6.45) is 2.69. The average Bonchev–Trinajstić information content (AvgIpc) is 3.00. The van der Waals surface area contributed by atoms with Crippen molar-refractivity contribution < 1.29 is 13.5 Å². The zero-order valence-corrected chi connectivity index (χ0v) is 11.9. The van der Waals surface area contributed by atoms with Gasteiger partial charge in [0, 0.05) is 18.6 Å². The predicted molar refractivity (Wildman–Crippen MR) is 70.1 cm³/mol. The molecule has 0 aliphatic rings. The summed E-state index contributed by atoms with van der Waals surface area (Å²) in [7, 11) is -2.08. The second-order valence-corrected chi connectivity index (χ2v) is 6.67. The lowest BCUT2D eigenvalue weighted by Gasteiger charge is -2.14. The lowest BCUT2D eigenvalue weighted by atomic mass is 10.5. The quantitative estimate of drug-likeness (QED) is 0.821. The van der Waals surface area contributed by atoms with Gasteiger partial charge in [0.2, 0.25) is 10.0 Å². The Morgan fingerprint density at radius 2 is 2.32 bits per heavy atom. The second-order valence-electron chi connectivity index (χ2n) is 3.90. The molecule has 1 N–H and O–H groups in total. The van der Waals surface area contributed by atoms with E-state index in [0.29, 0.717) is 5.69 Å². The monoisotopic (exact) mass is 302 g/mol. The molecule has 0 atom stereocenters. The molecule has 0 bridgehead atoms. The first-order valence-corrected chi connectivity index (χ1v) is 7.89. The topological polar surface area (TPSA) is 88.3 Å². The standard InChI is InChI=1S/C10H14N4O3S2/c1-13(5-9-7-18-8-11-9)19(16,17)10-4-12-14(6-10)2-3-15/h4,6-8,15H,2-3,5H2,1H3. The molecular weight excluding hydrogens is 288 g/mol. The number of thiazole rings is 1. The molecule has 0 saturated heterocycles. The van der Waals surface area contributed by atoms with Crippen molar-refractivity contribution in [2.75, 3.05) is 13.7 Å². The number of hydrogen-bond acceptors (Lipinski definition) is 6. The number of sulfonamides is 1. The third kappa shape index (κ3) is 3.18. The van der Waals surface area contributed by atoms with Crippen LogP contribution in [0.4, 0.5) is 0 Å². The van der Waals surface area contributed by atoms with E-state index >= 15 is 0 Å². The summed E-state index contributed by atoms with van der Waals surface area (Å²) in [6.45, 7) is 0.401. The maximum absolute atomic E-state index is 12.3. The van der Waals surface area contributed by atoms with Crippen LogP contribution >= 0.6 is 11.3 Å². The predicted octanol–water partition coefficient (Wildman–Crippen LogP) is 0.153. The maximum Gasteiger partial charge on any atom is 0.246 e. The Balaban J connectivity index is 2.16. The lowest BCUT2D eigenvalue weighted by molar-refractivity contribution is 0.269. The molecule has 0 radical (unpaired) electrons. The van der Waals surface area contributed by atoms with Crippen LogP contribution in [0.5, 0.6) is 0 Å². The summed E-state index contributed by atoms with van der Waals surface area (Å²) in [4.78, 5) is 4.17. The Kier molecular flexibility index (Phi) is 4.30. The van der Waals surface area contributed by atoms with Crippen molar-refractivity contribution >= 4 is 21.4 Å². The highest BCUT2D eigenvalue weighted by Crippen LogP contribution is 2.16. The Hall–Kier alpha value is -1.29. The zero-order valence-electron chi connectivity index (χ0n) is 10.3. The van der Waals surface area contributed by atoms with E-state index in [0.717, 1.165) is 0 Å². The van der Waals surface area contributed by atoms with Crippen LogP contribution in [0.2, 0.25) is 0 Å². The van der Waals surface area contributed by atoms with Crippen molar-refractivity contribution in [2.24, 2.45) is 0 Å². The zero-order chi connectivity index (χ0) is 13.9. The molecule has 0 aliphatic carbocycles. The summed E-state index contributed by atoms with van der Waals surface area (Å²) in [6, 6.07) is 0. The molecule has 0 unspecified atom stereocenters. The molecule has 0 saturated carbocycles. The minimum absolute atomic E-state index is 0.0875. The fraction of sp³-hybridized carbons (Fsp3) is 0.400. The highest BCUT2D eigenvalue weighted by atomic mass is 32.2. The number of nitrogens with zero attached hydrogens (tertiary/aromatic N) is 4. The summed E-state index contributed by atoms with van der Waals surface area (Å²) >= 11 is 1.42. The van der Waals surface area contributed by atoms with Crippen LogP contribution in [0.1, 0.15) is 5.69 Å². The van der Waals surface area contributed by atoms with Crippen LogP contribution in [0.3, 0.4) is 0 Å². The molecule has 19 heavy (non-hydrogen) atoms. The van der Waals surface area contributed by atoms with Crippen LogP contribution in [0.15, 0.2) is 28.2 Å². The van der Waals surface area contributed by atoms with Gasteiger partial charge in [-0.3, -0.25) is 4.68 Å². The van der Waals surface area contributed by atoms with E-state index in [2.05, 4.69) is 10.1 Å². The van der Waals surface area contributed by atoms with Gasteiger partial charge in [-0.2, -0.15) is 9.40 Å².